The molecule has 0 spiro atoms. The average Bonchev–Trinajstić information content (AvgIpc) is 2.79. The molecule has 2 N–H and O–H groups in total. The van der Waals surface area contributed by atoms with Crippen molar-refractivity contribution in [2.24, 2.45) is 11.7 Å². The van der Waals surface area contributed by atoms with Gasteiger partial charge in [0.15, 0.2) is 0 Å². The Morgan fingerprint density at radius 1 is 1.53 bits per heavy atom. The number of nitrogens with two attached hydrogens (primary N) is 1. The number of thiophene rings is 1. The summed E-state index contributed by atoms with van der Waals surface area (Å²) >= 11 is 1.51. The van der Waals surface area contributed by atoms with E-state index < -0.39 is 0 Å². The molecular weight excluding hydrogens is 260 g/mol. The number of hydrogen-bond acceptors (Lipinski definition) is 4. The number of likely N-dealkylation sites (tertiary alicyclic amines) is 1. The van der Waals surface area contributed by atoms with E-state index in [0.29, 0.717) is 11.7 Å². The van der Waals surface area contributed by atoms with Crippen LogP contribution >= 0.6 is 11.3 Å². The molecule has 5 heteroatoms. The lowest BCUT2D eigenvalue weighted by Crippen LogP contribution is -2.42. The normalized spacial score (nSPS) is 18.4. The second-order valence-electron chi connectivity index (χ2n) is 5.24. The van der Waals surface area contributed by atoms with Gasteiger partial charge >= 0.3 is 0 Å². The summed E-state index contributed by atoms with van der Waals surface area (Å²) in [7, 11) is 1.61. The molecular formula is C14H22N2O2S. The highest BCUT2D eigenvalue weighted by atomic mass is 32.1. The third-order valence-electron chi connectivity index (χ3n) is 3.81. The zero-order chi connectivity index (χ0) is 14.0. The van der Waals surface area contributed by atoms with Gasteiger partial charge in [-0.05, 0) is 38.7 Å². The Hall–Kier alpha value is -1.07. The number of hydrogen-bond donors (Lipinski definition) is 1. The summed E-state index contributed by atoms with van der Waals surface area (Å²) < 4.78 is 5.28. The first-order valence-corrected chi connectivity index (χ1v) is 7.54. The van der Waals surface area contributed by atoms with Gasteiger partial charge in [0.05, 0.1) is 7.11 Å². The molecule has 1 aliphatic rings. The van der Waals surface area contributed by atoms with Crippen LogP contribution in [-0.4, -0.2) is 37.0 Å². The molecule has 1 fully saturated rings. The molecule has 1 atom stereocenters. The molecule has 106 valence electrons. The molecule has 19 heavy (non-hydrogen) atoms. The summed E-state index contributed by atoms with van der Waals surface area (Å²) in [6.45, 7) is 5.64. The summed E-state index contributed by atoms with van der Waals surface area (Å²) in [6.07, 6.45) is 1.99. The van der Waals surface area contributed by atoms with E-state index >= 15 is 0 Å². The predicted octanol–water partition coefficient (Wildman–Crippen LogP) is 2.26. The van der Waals surface area contributed by atoms with E-state index in [1.807, 2.05) is 24.8 Å². The number of ether oxygens (including phenoxy) is 1. The van der Waals surface area contributed by atoms with Gasteiger partial charge in [0.25, 0.3) is 5.91 Å². The minimum atomic E-state index is 0.0954. The van der Waals surface area contributed by atoms with Gasteiger partial charge in [-0.25, -0.2) is 0 Å². The van der Waals surface area contributed by atoms with Crippen LogP contribution < -0.4 is 10.5 Å². The number of piperidine rings is 1. The summed E-state index contributed by atoms with van der Waals surface area (Å²) in [5.41, 5.74) is 5.93. The third kappa shape index (κ3) is 3.09. The quantitative estimate of drug-likeness (QED) is 0.925. The molecule has 2 heterocycles. The molecule has 1 saturated heterocycles. The van der Waals surface area contributed by atoms with Crippen molar-refractivity contribution in [3.05, 3.63) is 15.8 Å². The lowest BCUT2D eigenvalue weighted by Gasteiger charge is -2.33. The fraction of sp³-hybridized carbons (Fsp3) is 0.643. The standard InChI is InChI=1S/C14H22N2O2S/c1-9-8-12(18-3)13(19-9)14(17)16-6-4-11(5-7-16)10(2)15/h8,10-11H,4-7,15H2,1-3H3. The van der Waals surface area contributed by atoms with E-state index in [9.17, 15) is 4.79 Å². The van der Waals surface area contributed by atoms with E-state index in [1.165, 1.54) is 11.3 Å². The fourth-order valence-corrected chi connectivity index (χ4v) is 3.51. The summed E-state index contributed by atoms with van der Waals surface area (Å²) in [5, 5.41) is 0. The van der Waals surface area contributed by atoms with E-state index in [2.05, 4.69) is 0 Å². The van der Waals surface area contributed by atoms with Crippen molar-refractivity contribution in [2.75, 3.05) is 20.2 Å². The molecule has 0 radical (unpaired) electrons. The molecule has 0 bridgehead atoms. The Labute approximate surface area is 118 Å². The second-order valence-corrected chi connectivity index (χ2v) is 6.50. The van der Waals surface area contributed by atoms with Crippen LogP contribution in [-0.2, 0) is 0 Å². The number of nitrogens with zero attached hydrogens (tertiary/aromatic N) is 1. The van der Waals surface area contributed by atoms with Crippen molar-refractivity contribution in [3.63, 3.8) is 0 Å². The lowest BCUT2D eigenvalue weighted by atomic mass is 9.91. The number of amides is 1. The van der Waals surface area contributed by atoms with E-state index in [1.54, 1.807) is 7.11 Å². The number of carbonyl (C=O) groups excluding carboxylic acids is 1. The Morgan fingerprint density at radius 3 is 2.68 bits per heavy atom. The zero-order valence-corrected chi connectivity index (χ0v) is 12.6. The maximum Gasteiger partial charge on any atom is 0.267 e. The average molecular weight is 282 g/mol. The Kier molecular flexibility index (Phi) is 4.47. The number of rotatable bonds is 3. The van der Waals surface area contributed by atoms with Crippen LogP contribution in [0.3, 0.4) is 0 Å². The van der Waals surface area contributed by atoms with Crippen LogP contribution in [0.1, 0.15) is 34.3 Å². The third-order valence-corrected chi connectivity index (χ3v) is 4.83. The van der Waals surface area contributed by atoms with Crippen molar-refractivity contribution in [2.45, 2.75) is 32.7 Å². The minimum absolute atomic E-state index is 0.0954. The maximum atomic E-state index is 12.5. The largest absolute Gasteiger partial charge is 0.495 e. The van der Waals surface area contributed by atoms with Gasteiger partial charge in [0.1, 0.15) is 10.6 Å². The summed E-state index contributed by atoms with van der Waals surface area (Å²) in [5.74, 6) is 1.33. The van der Waals surface area contributed by atoms with Crippen molar-refractivity contribution in [1.29, 1.82) is 0 Å². The van der Waals surface area contributed by atoms with Crippen LogP contribution in [0.15, 0.2) is 6.07 Å². The van der Waals surface area contributed by atoms with Crippen LogP contribution in [0, 0.1) is 12.8 Å². The van der Waals surface area contributed by atoms with Gasteiger partial charge in [-0.2, -0.15) is 0 Å². The molecule has 0 saturated carbocycles. The molecule has 4 nitrogen and oxygen atoms in total. The topological polar surface area (TPSA) is 55.6 Å². The lowest BCUT2D eigenvalue weighted by molar-refractivity contribution is 0.0683. The first-order valence-electron chi connectivity index (χ1n) is 6.72. The number of methoxy groups -OCH3 is 1. The first kappa shape index (κ1) is 14.3. The molecule has 1 amide bonds. The molecule has 1 aromatic heterocycles. The van der Waals surface area contributed by atoms with Gasteiger partial charge in [-0.15, -0.1) is 11.3 Å². The second kappa shape index (κ2) is 5.92. The highest BCUT2D eigenvalue weighted by molar-refractivity contribution is 7.14. The highest BCUT2D eigenvalue weighted by Crippen LogP contribution is 2.31. The molecule has 1 aromatic rings. The highest BCUT2D eigenvalue weighted by Gasteiger charge is 2.27. The Morgan fingerprint density at radius 2 is 2.16 bits per heavy atom. The summed E-state index contributed by atoms with van der Waals surface area (Å²) in [4.78, 5) is 16.2. The zero-order valence-electron chi connectivity index (χ0n) is 11.8. The summed E-state index contributed by atoms with van der Waals surface area (Å²) in [6, 6.07) is 2.14. The molecule has 1 aliphatic heterocycles. The smallest absolute Gasteiger partial charge is 0.267 e. The monoisotopic (exact) mass is 282 g/mol. The van der Waals surface area contributed by atoms with Crippen molar-refractivity contribution >= 4 is 17.2 Å². The van der Waals surface area contributed by atoms with Crippen LogP contribution in [0.5, 0.6) is 5.75 Å². The van der Waals surface area contributed by atoms with E-state index in [4.69, 9.17) is 10.5 Å². The van der Waals surface area contributed by atoms with E-state index in [-0.39, 0.29) is 11.9 Å². The van der Waals surface area contributed by atoms with Gasteiger partial charge in [-0.1, -0.05) is 0 Å². The molecule has 0 aromatic carbocycles. The van der Waals surface area contributed by atoms with Crippen molar-refractivity contribution in [1.82, 2.24) is 4.90 Å². The van der Waals surface area contributed by atoms with Gasteiger partial charge < -0.3 is 15.4 Å². The van der Waals surface area contributed by atoms with Crippen molar-refractivity contribution in [3.8, 4) is 5.75 Å². The SMILES string of the molecule is COc1cc(C)sc1C(=O)N1CCC(C(C)N)CC1. The molecule has 2 rings (SSSR count). The molecule has 0 aliphatic carbocycles. The van der Waals surface area contributed by atoms with Gasteiger partial charge in [0, 0.05) is 24.0 Å². The molecule has 1 unspecified atom stereocenters. The Bertz CT molecular complexity index is 448. The van der Waals surface area contributed by atoms with E-state index in [0.717, 1.165) is 35.7 Å². The van der Waals surface area contributed by atoms with Crippen LogP contribution in [0.2, 0.25) is 0 Å². The Balaban J connectivity index is 2.05. The predicted molar refractivity (Wildman–Crippen MR) is 77.9 cm³/mol. The number of carbonyl (C=O) groups is 1. The van der Waals surface area contributed by atoms with Crippen LogP contribution in [0.25, 0.3) is 0 Å². The van der Waals surface area contributed by atoms with Crippen molar-refractivity contribution < 1.29 is 9.53 Å². The van der Waals surface area contributed by atoms with Gasteiger partial charge in [0.2, 0.25) is 0 Å². The minimum Gasteiger partial charge on any atom is -0.495 e. The van der Waals surface area contributed by atoms with Gasteiger partial charge in [-0.3, -0.25) is 4.79 Å². The maximum absolute atomic E-state index is 12.5. The first-order chi connectivity index (χ1) is 9.02. The number of aryl methyl sites for hydroxylation is 1. The fourth-order valence-electron chi connectivity index (χ4n) is 2.56. The van der Waals surface area contributed by atoms with Crippen LogP contribution in [0.4, 0.5) is 0 Å².